The Morgan fingerprint density at radius 3 is 2.64 bits per heavy atom. The van der Waals surface area contributed by atoms with Gasteiger partial charge >= 0.3 is 0 Å². The van der Waals surface area contributed by atoms with Crippen LogP contribution in [0.2, 0.25) is 0 Å². The molecule has 1 amide bonds. The second kappa shape index (κ2) is 6.62. The van der Waals surface area contributed by atoms with Crippen LogP contribution < -0.4 is 4.90 Å². The fourth-order valence-corrected chi connectivity index (χ4v) is 4.07. The molecule has 5 heteroatoms. The maximum Gasteiger partial charge on any atom is 0.232 e. The third-order valence-electron chi connectivity index (χ3n) is 5.58. The van der Waals surface area contributed by atoms with Crippen LogP contribution >= 0.6 is 0 Å². The summed E-state index contributed by atoms with van der Waals surface area (Å²) in [5.74, 6) is 1.46. The van der Waals surface area contributed by atoms with Gasteiger partial charge in [0.25, 0.3) is 0 Å². The summed E-state index contributed by atoms with van der Waals surface area (Å²) in [6.07, 6.45) is 12.6. The van der Waals surface area contributed by atoms with E-state index in [0.29, 0.717) is 12.0 Å². The van der Waals surface area contributed by atoms with Gasteiger partial charge in [0, 0.05) is 31.4 Å². The summed E-state index contributed by atoms with van der Waals surface area (Å²) in [5, 5.41) is 4.25. The van der Waals surface area contributed by atoms with Crippen LogP contribution in [0, 0.1) is 12.8 Å². The topological polar surface area (TPSA) is 51.0 Å². The molecule has 0 radical (unpaired) electrons. The van der Waals surface area contributed by atoms with Crippen LogP contribution in [-0.4, -0.2) is 26.7 Å². The molecule has 0 spiro atoms. The van der Waals surface area contributed by atoms with Gasteiger partial charge in [0.1, 0.15) is 5.82 Å². The molecule has 2 aliphatic carbocycles. The summed E-state index contributed by atoms with van der Waals surface area (Å²) in [4.78, 5) is 19.9. The molecule has 0 aliphatic heterocycles. The van der Waals surface area contributed by atoms with Gasteiger partial charge in [0.05, 0.1) is 6.20 Å². The first-order chi connectivity index (χ1) is 12.1. The summed E-state index contributed by atoms with van der Waals surface area (Å²) in [6, 6.07) is 4.35. The fraction of sp³-hybridized carbons (Fsp3) is 0.550. The highest BCUT2D eigenvalue weighted by Gasteiger charge is 2.48. The molecule has 132 valence electrons. The summed E-state index contributed by atoms with van der Waals surface area (Å²) < 4.78 is 1.82. The number of carbonyl (C=O) groups is 1. The fourth-order valence-electron chi connectivity index (χ4n) is 4.07. The number of aryl methyl sites for hydroxylation is 2. The van der Waals surface area contributed by atoms with Crippen molar-refractivity contribution in [1.29, 1.82) is 0 Å². The number of amides is 1. The zero-order valence-electron chi connectivity index (χ0n) is 15.1. The van der Waals surface area contributed by atoms with Gasteiger partial charge in [0.15, 0.2) is 0 Å². The number of aromatic nitrogens is 3. The molecule has 2 atom stereocenters. The van der Waals surface area contributed by atoms with Crippen LogP contribution in [0.4, 0.5) is 5.82 Å². The van der Waals surface area contributed by atoms with Crippen molar-refractivity contribution in [2.75, 3.05) is 4.90 Å². The summed E-state index contributed by atoms with van der Waals surface area (Å²) in [6.45, 7) is 2.03. The van der Waals surface area contributed by atoms with Crippen molar-refractivity contribution < 1.29 is 4.79 Å². The molecule has 2 saturated carbocycles. The lowest BCUT2D eigenvalue weighted by molar-refractivity contribution is -0.120. The molecule has 5 nitrogen and oxygen atoms in total. The van der Waals surface area contributed by atoms with E-state index >= 15 is 0 Å². The Hall–Kier alpha value is -2.17. The molecule has 0 N–H and O–H groups in total. The summed E-state index contributed by atoms with van der Waals surface area (Å²) in [7, 11) is 1.92. The lowest BCUT2D eigenvalue weighted by Crippen LogP contribution is -2.43. The predicted molar refractivity (Wildman–Crippen MR) is 97.4 cm³/mol. The quantitative estimate of drug-likeness (QED) is 0.856. The number of hydrogen-bond donors (Lipinski definition) is 0. The molecule has 2 heterocycles. The van der Waals surface area contributed by atoms with Crippen molar-refractivity contribution in [2.45, 2.75) is 57.4 Å². The third kappa shape index (κ3) is 3.32. The molecule has 25 heavy (non-hydrogen) atoms. The highest BCUT2D eigenvalue weighted by Crippen LogP contribution is 2.49. The zero-order chi connectivity index (χ0) is 17.4. The molecular weight excluding hydrogens is 312 g/mol. The Balaban J connectivity index is 1.57. The van der Waals surface area contributed by atoms with Crippen LogP contribution in [0.3, 0.4) is 0 Å². The smallest absolute Gasteiger partial charge is 0.232 e. The van der Waals surface area contributed by atoms with Crippen LogP contribution in [0.1, 0.15) is 55.6 Å². The SMILES string of the molecule is Cc1ccc(N(C(=O)[C@@H]2C[C@H]2c2cnn(C)c2)C2CCCCC2)nc1. The molecule has 2 aromatic heterocycles. The highest BCUT2D eigenvalue weighted by molar-refractivity contribution is 5.97. The number of rotatable bonds is 4. The van der Waals surface area contributed by atoms with E-state index in [4.69, 9.17) is 0 Å². The van der Waals surface area contributed by atoms with E-state index in [-0.39, 0.29) is 11.8 Å². The lowest BCUT2D eigenvalue weighted by Gasteiger charge is -2.34. The molecule has 0 bridgehead atoms. The molecule has 2 aromatic rings. The molecule has 2 fully saturated rings. The number of carbonyl (C=O) groups excluding carboxylic acids is 1. The first kappa shape index (κ1) is 16.3. The first-order valence-electron chi connectivity index (χ1n) is 9.38. The van der Waals surface area contributed by atoms with Crippen molar-refractivity contribution >= 4 is 11.7 Å². The predicted octanol–water partition coefficient (Wildman–Crippen LogP) is 3.59. The number of hydrogen-bond acceptors (Lipinski definition) is 3. The van der Waals surface area contributed by atoms with Gasteiger partial charge in [-0.3, -0.25) is 14.4 Å². The molecule has 0 aromatic carbocycles. The minimum Gasteiger partial charge on any atom is -0.293 e. The van der Waals surface area contributed by atoms with Gasteiger partial charge in [-0.15, -0.1) is 0 Å². The minimum atomic E-state index is 0.0780. The van der Waals surface area contributed by atoms with Crippen LogP contribution in [0.5, 0.6) is 0 Å². The second-order valence-corrected chi connectivity index (χ2v) is 7.59. The monoisotopic (exact) mass is 338 g/mol. The first-order valence-corrected chi connectivity index (χ1v) is 9.38. The minimum absolute atomic E-state index is 0.0780. The van der Waals surface area contributed by atoms with E-state index in [1.165, 1.54) is 24.8 Å². The average Bonchev–Trinajstić information content (AvgIpc) is 3.32. The van der Waals surface area contributed by atoms with Gasteiger partial charge in [-0.05, 0) is 49.3 Å². The number of nitrogens with zero attached hydrogens (tertiary/aromatic N) is 4. The van der Waals surface area contributed by atoms with Gasteiger partial charge in [-0.25, -0.2) is 4.98 Å². The van der Waals surface area contributed by atoms with Crippen LogP contribution in [0.25, 0.3) is 0 Å². The largest absolute Gasteiger partial charge is 0.293 e. The normalized spacial score (nSPS) is 23.4. The molecule has 4 rings (SSSR count). The van der Waals surface area contributed by atoms with Crippen molar-refractivity contribution in [3.8, 4) is 0 Å². The maximum absolute atomic E-state index is 13.3. The van der Waals surface area contributed by atoms with Crippen molar-refractivity contribution in [3.63, 3.8) is 0 Å². The third-order valence-corrected chi connectivity index (χ3v) is 5.58. The highest BCUT2D eigenvalue weighted by atomic mass is 16.2. The van der Waals surface area contributed by atoms with Crippen molar-refractivity contribution in [1.82, 2.24) is 14.8 Å². The Kier molecular flexibility index (Phi) is 4.32. The molecule has 0 saturated heterocycles. The molecule has 2 aliphatic rings. The Bertz CT molecular complexity index is 745. The van der Waals surface area contributed by atoms with Crippen LogP contribution in [-0.2, 0) is 11.8 Å². The zero-order valence-corrected chi connectivity index (χ0v) is 15.1. The van der Waals surface area contributed by atoms with E-state index in [2.05, 4.69) is 16.1 Å². The molecular formula is C20H26N4O. The number of pyridine rings is 1. The van der Waals surface area contributed by atoms with E-state index in [0.717, 1.165) is 30.6 Å². The average molecular weight is 338 g/mol. The number of anilines is 1. The van der Waals surface area contributed by atoms with Gasteiger partial charge in [-0.2, -0.15) is 5.10 Å². The second-order valence-electron chi connectivity index (χ2n) is 7.59. The van der Waals surface area contributed by atoms with E-state index in [1.807, 2.05) is 48.2 Å². The van der Waals surface area contributed by atoms with Crippen LogP contribution in [0.15, 0.2) is 30.7 Å². The summed E-state index contributed by atoms with van der Waals surface area (Å²) in [5.41, 5.74) is 2.31. The lowest BCUT2D eigenvalue weighted by atomic mass is 9.93. The van der Waals surface area contributed by atoms with Crippen molar-refractivity contribution in [3.05, 3.63) is 41.9 Å². The van der Waals surface area contributed by atoms with Crippen molar-refractivity contribution in [2.24, 2.45) is 13.0 Å². The van der Waals surface area contributed by atoms with E-state index in [1.54, 1.807) is 0 Å². The van der Waals surface area contributed by atoms with Gasteiger partial charge < -0.3 is 0 Å². The maximum atomic E-state index is 13.3. The van der Waals surface area contributed by atoms with Gasteiger partial charge in [-0.1, -0.05) is 25.3 Å². The Morgan fingerprint density at radius 2 is 2.00 bits per heavy atom. The Labute approximate surface area is 149 Å². The Morgan fingerprint density at radius 1 is 1.20 bits per heavy atom. The molecule has 0 unspecified atom stereocenters. The van der Waals surface area contributed by atoms with Gasteiger partial charge in [0.2, 0.25) is 5.91 Å². The standard InChI is InChI=1S/C20H26N4O/c1-14-8-9-19(21-11-14)24(16-6-4-3-5-7-16)20(25)18-10-17(18)15-12-22-23(2)13-15/h8-9,11-13,16-18H,3-7,10H2,1-2H3/t17-,18+/m0/s1. The summed E-state index contributed by atoms with van der Waals surface area (Å²) >= 11 is 0. The van der Waals surface area contributed by atoms with E-state index in [9.17, 15) is 4.79 Å². The van der Waals surface area contributed by atoms with E-state index < -0.39 is 0 Å².